The molecule has 76 valence electrons. The van der Waals surface area contributed by atoms with Crippen molar-refractivity contribution in [1.82, 2.24) is 5.32 Å². The molecule has 0 radical (unpaired) electrons. The number of aliphatic hydroxyl groups is 1. The average Bonchev–Trinajstić information content (AvgIpc) is 2.69. The maximum Gasteiger partial charge on any atom is 0.207 e. The highest BCUT2D eigenvalue weighted by atomic mass is 16.7. The predicted octanol–water partition coefficient (Wildman–Crippen LogP) is -0.136. The molecule has 0 saturated carbocycles. The summed E-state index contributed by atoms with van der Waals surface area (Å²) in [6, 6.07) is 0.161. The van der Waals surface area contributed by atoms with E-state index in [-0.39, 0.29) is 12.6 Å². The van der Waals surface area contributed by atoms with Gasteiger partial charge in [0.25, 0.3) is 0 Å². The highest BCUT2D eigenvalue weighted by Gasteiger charge is 2.44. The lowest BCUT2D eigenvalue weighted by Gasteiger charge is -2.36. The van der Waals surface area contributed by atoms with E-state index >= 15 is 0 Å². The zero-order valence-electron chi connectivity index (χ0n) is 7.79. The number of ether oxygens (including phenoxy) is 2. The van der Waals surface area contributed by atoms with Crippen molar-refractivity contribution in [2.75, 3.05) is 26.4 Å². The van der Waals surface area contributed by atoms with Gasteiger partial charge in [-0.05, 0) is 19.4 Å². The fraction of sp³-hybridized carbons (Fsp3) is 1.00. The molecule has 0 aromatic carbocycles. The Morgan fingerprint density at radius 2 is 2.08 bits per heavy atom. The Hall–Kier alpha value is -0.160. The first-order valence-electron chi connectivity index (χ1n) is 4.99. The van der Waals surface area contributed by atoms with Crippen molar-refractivity contribution in [3.63, 3.8) is 0 Å². The summed E-state index contributed by atoms with van der Waals surface area (Å²) in [5, 5.41) is 12.6. The molecule has 4 nitrogen and oxygen atoms in total. The van der Waals surface area contributed by atoms with Crippen LogP contribution in [0.3, 0.4) is 0 Å². The van der Waals surface area contributed by atoms with Gasteiger partial charge in [-0.25, -0.2) is 0 Å². The summed E-state index contributed by atoms with van der Waals surface area (Å²) in [6.07, 6.45) is 3.42. The Bertz CT molecular complexity index is 162. The average molecular weight is 187 g/mol. The molecule has 2 saturated heterocycles. The fourth-order valence-electron chi connectivity index (χ4n) is 2.10. The lowest BCUT2D eigenvalue weighted by atomic mass is 9.97. The molecule has 0 bridgehead atoms. The Labute approximate surface area is 78.2 Å². The van der Waals surface area contributed by atoms with E-state index in [1.807, 2.05) is 0 Å². The maximum atomic E-state index is 9.28. The molecular weight excluding hydrogens is 170 g/mol. The molecule has 1 atom stereocenters. The zero-order valence-corrected chi connectivity index (χ0v) is 7.79. The van der Waals surface area contributed by atoms with Crippen LogP contribution in [-0.4, -0.2) is 43.3 Å². The van der Waals surface area contributed by atoms with E-state index in [1.165, 1.54) is 12.8 Å². The second-order valence-corrected chi connectivity index (χ2v) is 3.67. The number of hydrogen-bond acceptors (Lipinski definition) is 4. The van der Waals surface area contributed by atoms with Crippen LogP contribution in [0.25, 0.3) is 0 Å². The summed E-state index contributed by atoms with van der Waals surface area (Å²) in [6.45, 7) is 2.14. The minimum Gasteiger partial charge on any atom is -0.391 e. The molecular formula is C9H17NO3. The summed E-state index contributed by atoms with van der Waals surface area (Å²) in [4.78, 5) is 0. The molecule has 13 heavy (non-hydrogen) atoms. The maximum absolute atomic E-state index is 9.28. The Kier molecular flexibility index (Phi) is 2.83. The third-order valence-corrected chi connectivity index (χ3v) is 2.84. The molecule has 2 heterocycles. The predicted molar refractivity (Wildman–Crippen MR) is 47.4 cm³/mol. The first-order chi connectivity index (χ1) is 6.37. The quantitative estimate of drug-likeness (QED) is 0.632. The van der Waals surface area contributed by atoms with Crippen LogP contribution in [0, 0.1) is 0 Å². The van der Waals surface area contributed by atoms with Gasteiger partial charge in [-0.3, -0.25) is 0 Å². The van der Waals surface area contributed by atoms with Gasteiger partial charge in [0.05, 0.1) is 25.9 Å². The molecule has 2 fully saturated rings. The van der Waals surface area contributed by atoms with Crippen molar-refractivity contribution < 1.29 is 14.6 Å². The largest absolute Gasteiger partial charge is 0.391 e. The number of nitrogens with one attached hydrogen (secondary N) is 1. The molecule has 4 heteroatoms. The summed E-state index contributed by atoms with van der Waals surface area (Å²) in [5.41, 5.74) is 0. The van der Waals surface area contributed by atoms with Gasteiger partial charge in [0.1, 0.15) is 0 Å². The van der Waals surface area contributed by atoms with Gasteiger partial charge in [0.2, 0.25) is 5.79 Å². The Morgan fingerprint density at radius 3 is 2.62 bits per heavy atom. The molecule has 2 aliphatic rings. The smallest absolute Gasteiger partial charge is 0.207 e. The Morgan fingerprint density at radius 1 is 1.31 bits per heavy atom. The molecule has 0 aromatic heterocycles. The summed E-state index contributed by atoms with van der Waals surface area (Å²) in [5.74, 6) is -0.750. The standard InChI is InChI=1S/C9H17NO3/c11-7-9(12-5-6-13-9)8-3-1-2-4-10-8/h8,10-11H,1-7H2. The normalized spacial score (nSPS) is 33.5. The zero-order chi connectivity index (χ0) is 9.15. The fourth-order valence-corrected chi connectivity index (χ4v) is 2.10. The SMILES string of the molecule is OCC1(C2CCCCN2)OCCO1. The van der Waals surface area contributed by atoms with Crippen LogP contribution in [0.4, 0.5) is 0 Å². The van der Waals surface area contributed by atoms with Crippen molar-refractivity contribution in [3.05, 3.63) is 0 Å². The van der Waals surface area contributed by atoms with Crippen LogP contribution in [0.1, 0.15) is 19.3 Å². The molecule has 2 rings (SSSR count). The van der Waals surface area contributed by atoms with Gasteiger partial charge in [-0.15, -0.1) is 0 Å². The molecule has 1 unspecified atom stereocenters. The van der Waals surface area contributed by atoms with Gasteiger partial charge >= 0.3 is 0 Å². The Balaban J connectivity index is 2.01. The van der Waals surface area contributed by atoms with Crippen LogP contribution < -0.4 is 5.32 Å². The van der Waals surface area contributed by atoms with Crippen LogP contribution in [-0.2, 0) is 9.47 Å². The molecule has 0 aliphatic carbocycles. The number of rotatable bonds is 2. The first-order valence-corrected chi connectivity index (χ1v) is 4.99. The first kappa shape index (κ1) is 9.40. The van der Waals surface area contributed by atoms with Gasteiger partial charge in [0.15, 0.2) is 0 Å². The second-order valence-electron chi connectivity index (χ2n) is 3.67. The second kappa shape index (κ2) is 3.92. The van der Waals surface area contributed by atoms with E-state index in [2.05, 4.69) is 5.32 Å². The molecule has 0 spiro atoms. The molecule has 2 aliphatic heterocycles. The molecule has 2 N–H and O–H groups in total. The van der Waals surface area contributed by atoms with E-state index < -0.39 is 5.79 Å². The molecule has 0 amide bonds. The number of aliphatic hydroxyl groups excluding tert-OH is 1. The van der Waals surface area contributed by atoms with Crippen LogP contribution >= 0.6 is 0 Å². The van der Waals surface area contributed by atoms with Crippen molar-refractivity contribution in [2.45, 2.75) is 31.1 Å². The van der Waals surface area contributed by atoms with Crippen molar-refractivity contribution in [2.24, 2.45) is 0 Å². The van der Waals surface area contributed by atoms with E-state index in [9.17, 15) is 5.11 Å². The topological polar surface area (TPSA) is 50.7 Å². The van der Waals surface area contributed by atoms with Crippen LogP contribution in [0.5, 0.6) is 0 Å². The van der Waals surface area contributed by atoms with Gasteiger partial charge in [0, 0.05) is 0 Å². The monoisotopic (exact) mass is 187 g/mol. The minimum atomic E-state index is -0.750. The lowest BCUT2D eigenvalue weighted by Crippen LogP contribution is -2.55. The molecule has 0 aromatic rings. The van der Waals surface area contributed by atoms with Gasteiger partial charge < -0.3 is 19.9 Å². The lowest BCUT2D eigenvalue weighted by molar-refractivity contribution is -0.205. The van der Waals surface area contributed by atoms with Gasteiger partial charge in [-0.2, -0.15) is 0 Å². The van der Waals surface area contributed by atoms with Crippen LogP contribution in [0.15, 0.2) is 0 Å². The van der Waals surface area contributed by atoms with Gasteiger partial charge in [-0.1, -0.05) is 6.42 Å². The highest BCUT2D eigenvalue weighted by molar-refractivity contribution is 4.89. The third kappa shape index (κ3) is 1.72. The minimum absolute atomic E-state index is 0.0509. The summed E-state index contributed by atoms with van der Waals surface area (Å²) < 4.78 is 11.0. The van der Waals surface area contributed by atoms with E-state index in [4.69, 9.17) is 9.47 Å². The van der Waals surface area contributed by atoms with E-state index in [0.717, 1.165) is 13.0 Å². The summed E-state index contributed by atoms with van der Waals surface area (Å²) in [7, 11) is 0. The van der Waals surface area contributed by atoms with E-state index in [1.54, 1.807) is 0 Å². The number of hydrogen-bond donors (Lipinski definition) is 2. The van der Waals surface area contributed by atoms with Crippen molar-refractivity contribution in [3.8, 4) is 0 Å². The third-order valence-electron chi connectivity index (χ3n) is 2.84. The van der Waals surface area contributed by atoms with Crippen LogP contribution in [0.2, 0.25) is 0 Å². The highest BCUT2D eigenvalue weighted by Crippen LogP contribution is 2.27. The summed E-state index contributed by atoms with van der Waals surface area (Å²) >= 11 is 0. The van der Waals surface area contributed by atoms with E-state index in [0.29, 0.717) is 13.2 Å². The number of piperidine rings is 1. The van der Waals surface area contributed by atoms with Crippen molar-refractivity contribution in [1.29, 1.82) is 0 Å². The van der Waals surface area contributed by atoms with Crippen molar-refractivity contribution >= 4 is 0 Å².